The van der Waals surface area contributed by atoms with Gasteiger partial charge in [-0.3, -0.25) is 0 Å². The van der Waals surface area contributed by atoms with Crippen molar-refractivity contribution < 1.29 is 20.1 Å². The number of rotatable bonds is 7. The number of hydrogen-bond acceptors (Lipinski definition) is 10. The summed E-state index contributed by atoms with van der Waals surface area (Å²) in [6.45, 7) is 3.78. The number of aryl methyl sites for hydroxylation is 2. The number of methoxy groups -OCH3 is 1. The number of hydrogen-bond donors (Lipinski definition) is 3. The van der Waals surface area contributed by atoms with Gasteiger partial charge in [0, 0.05) is 17.5 Å². The average molecular weight is 547 g/mol. The molecule has 5 rings (SSSR count). The number of aromatic hydroxyl groups is 3. The van der Waals surface area contributed by atoms with Gasteiger partial charge in [0.15, 0.2) is 5.75 Å². The molecule has 0 saturated heterocycles. The van der Waals surface area contributed by atoms with Crippen LogP contribution in [-0.2, 0) is 0 Å². The van der Waals surface area contributed by atoms with Crippen LogP contribution < -0.4 is 4.74 Å². The Labute approximate surface area is 235 Å². The Kier molecular flexibility index (Phi) is 7.64. The van der Waals surface area contributed by atoms with Crippen molar-refractivity contribution in [1.82, 2.24) is 0 Å². The quantitative estimate of drug-likeness (QED) is 0.174. The Morgan fingerprint density at radius 1 is 0.585 bits per heavy atom. The molecule has 0 heterocycles. The molecule has 0 aliphatic carbocycles. The van der Waals surface area contributed by atoms with Crippen LogP contribution in [0.15, 0.2) is 116 Å². The van der Waals surface area contributed by atoms with Gasteiger partial charge in [-0.05, 0) is 85.5 Å². The second-order valence-corrected chi connectivity index (χ2v) is 9.26. The molecule has 10 heteroatoms. The molecule has 41 heavy (non-hydrogen) atoms. The fourth-order valence-corrected chi connectivity index (χ4v) is 4.02. The van der Waals surface area contributed by atoms with Crippen LogP contribution in [0.5, 0.6) is 23.0 Å². The van der Waals surface area contributed by atoms with E-state index >= 15 is 0 Å². The summed E-state index contributed by atoms with van der Waals surface area (Å²) in [5.74, 6) is 0.274. The van der Waals surface area contributed by atoms with Crippen LogP contribution in [0.25, 0.3) is 10.8 Å². The molecule has 0 saturated carbocycles. The zero-order chi connectivity index (χ0) is 28.9. The summed E-state index contributed by atoms with van der Waals surface area (Å²) in [6, 6.07) is 23.9. The van der Waals surface area contributed by atoms with Gasteiger partial charge in [0.05, 0.1) is 24.2 Å². The molecule has 10 nitrogen and oxygen atoms in total. The minimum atomic E-state index is -0.172. The normalized spacial score (nSPS) is 11.8. The summed E-state index contributed by atoms with van der Waals surface area (Å²) < 4.78 is 5.43. The van der Waals surface area contributed by atoms with Crippen molar-refractivity contribution in [2.45, 2.75) is 13.8 Å². The predicted molar refractivity (Wildman–Crippen MR) is 157 cm³/mol. The third kappa shape index (κ3) is 6.17. The number of benzene rings is 5. The molecular weight excluding hydrogens is 520 g/mol. The van der Waals surface area contributed by atoms with E-state index in [1.165, 1.54) is 31.4 Å². The zero-order valence-electron chi connectivity index (χ0n) is 22.5. The van der Waals surface area contributed by atoms with Gasteiger partial charge in [0.2, 0.25) is 0 Å². The van der Waals surface area contributed by atoms with Crippen molar-refractivity contribution in [2.24, 2.45) is 30.7 Å². The minimum Gasteiger partial charge on any atom is -0.508 e. The van der Waals surface area contributed by atoms with E-state index in [4.69, 9.17) is 4.74 Å². The Balaban J connectivity index is 1.41. The van der Waals surface area contributed by atoms with Crippen molar-refractivity contribution >= 4 is 44.9 Å². The Morgan fingerprint density at radius 2 is 1.20 bits per heavy atom. The first-order chi connectivity index (χ1) is 19.8. The number of nitrogens with zero attached hydrogens (tertiary/aromatic N) is 6. The van der Waals surface area contributed by atoms with E-state index < -0.39 is 0 Å². The van der Waals surface area contributed by atoms with Gasteiger partial charge in [-0.15, -0.1) is 15.3 Å². The number of ether oxygens (including phenoxy) is 1. The van der Waals surface area contributed by atoms with E-state index in [2.05, 4.69) is 30.7 Å². The molecule has 0 aliphatic rings. The molecule has 0 bridgehead atoms. The van der Waals surface area contributed by atoms with Gasteiger partial charge in [-0.2, -0.15) is 15.3 Å². The van der Waals surface area contributed by atoms with Crippen molar-refractivity contribution in [3.8, 4) is 23.0 Å². The Hall–Kier alpha value is -5.64. The maximum atomic E-state index is 11.0. The minimum absolute atomic E-state index is 0.0549. The second kappa shape index (κ2) is 11.6. The molecule has 0 spiro atoms. The monoisotopic (exact) mass is 546 g/mol. The molecule has 0 atom stereocenters. The third-order valence-electron chi connectivity index (χ3n) is 6.23. The number of phenolic OH excluding ortho intramolecular Hbond substituents is 3. The van der Waals surface area contributed by atoms with Crippen LogP contribution in [0.2, 0.25) is 0 Å². The predicted octanol–water partition coefficient (Wildman–Crippen LogP) is 9.83. The van der Waals surface area contributed by atoms with Crippen LogP contribution in [0.3, 0.4) is 0 Å². The standard InChI is InChI=1S/C31H26N6O4/c1-18-4-6-21(7-5-18)33-36-27-16-28(39)26(17-29(27)41-3)35-37-30-19(2)14-20-15-23(10-13-25(20)31(30)40)34-32-22-8-11-24(38)12-9-22/h4-17,38-40H,1-3H3. The van der Waals surface area contributed by atoms with Gasteiger partial charge < -0.3 is 20.1 Å². The lowest BCUT2D eigenvalue weighted by Gasteiger charge is -2.09. The number of phenols is 3. The lowest BCUT2D eigenvalue weighted by Crippen LogP contribution is -1.84. The van der Waals surface area contributed by atoms with E-state index in [1.807, 2.05) is 37.3 Å². The Morgan fingerprint density at radius 3 is 1.90 bits per heavy atom. The molecule has 0 aromatic heterocycles. The average Bonchev–Trinajstić information content (AvgIpc) is 2.97. The van der Waals surface area contributed by atoms with Crippen LogP contribution in [-0.4, -0.2) is 22.4 Å². The molecule has 204 valence electrons. The van der Waals surface area contributed by atoms with Crippen LogP contribution >= 0.6 is 0 Å². The fraction of sp³-hybridized carbons (Fsp3) is 0.0968. The first-order valence-corrected chi connectivity index (χ1v) is 12.6. The van der Waals surface area contributed by atoms with Crippen LogP contribution in [0, 0.1) is 13.8 Å². The SMILES string of the molecule is COc1cc(N=Nc2c(C)cc3cc(N=Nc4ccc(O)cc4)ccc3c2O)c(O)cc1N=Nc1ccc(C)cc1. The molecule has 0 amide bonds. The first-order valence-electron chi connectivity index (χ1n) is 12.6. The highest BCUT2D eigenvalue weighted by atomic mass is 16.5. The third-order valence-corrected chi connectivity index (χ3v) is 6.23. The second-order valence-electron chi connectivity index (χ2n) is 9.26. The lowest BCUT2D eigenvalue weighted by molar-refractivity contribution is 0.413. The molecule has 5 aromatic carbocycles. The molecule has 0 unspecified atom stereocenters. The van der Waals surface area contributed by atoms with Gasteiger partial charge in [-0.1, -0.05) is 17.7 Å². The first kappa shape index (κ1) is 26.9. The smallest absolute Gasteiger partial charge is 0.151 e. The molecule has 5 aromatic rings. The van der Waals surface area contributed by atoms with E-state index in [1.54, 1.807) is 37.3 Å². The van der Waals surface area contributed by atoms with E-state index in [0.717, 1.165) is 10.9 Å². The largest absolute Gasteiger partial charge is 0.508 e. The maximum Gasteiger partial charge on any atom is 0.151 e. The molecular formula is C31H26N6O4. The molecule has 0 radical (unpaired) electrons. The van der Waals surface area contributed by atoms with Gasteiger partial charge >= 0.3 is 0 Å². The van der Waals surface area contributed by atoms with Crippen LogP contribution in [0.1, 0.15) is 11.1 Å². The van der Waals surface area contributed by atoms with Gasteiger partial charge in [0.1, 0.15) is 34.3 Å². The van der Waals surface area contributed by atoms with Crippen molar-refractivity contribution in [3.63, 3.8) is 0 Å². The van der Waals surface area contributed by atoms with Gasteiger partial charge in [0.25, 0.3) is 0 Å². The van der Waals surface area contributed by atoms with Gasteiger partial charge in [-0.25, -0.2) is 0 Å². The molecule has 0 aliphatic heterocycles. The van der Waals surface area contributed by atoms with Crippen molar-refractivity contribution in [1.29, 1.82) is 0 Å². The number of fused-ring (bicyclic) bond motifs is 1. The highest BCUT2D eigenvalue weighted by molar-refractivity contribution is 5.95. The fourth-order valence-electron chi connectivity index (χ4n) is 4.02. The number of azo groups is 3. The molecule has 3 N–H and O–H groups in total. The summed E-state index contributed by atoms with van der Waals surface area (Å²) in [4.78, 5) is 0. The van der Waals surface area contributed by atoms with E-state index in [0.29, 0.717) is 39.4 Å². The summed E-state index contributed by atoms with van der Waals surface area (Å²) in [5.41, 5.74) is 4.36. The Bertz CT molecular complexity index is 1810. The zero-order valence-corrected chi connectivity index (χ0v) is 22.5. The lowest BCUT2D eigenvalue weighted by atomic mass is 10.0. The molecule has 0 fully saturated rings. The highest BCUT2D eigenvalue weighted by Gasteiger charge is 2.13. The van der Waals surface area contributed by atoms with Crippen molar-refractivity contribution in [3.05, 3.63) is 96.1 Å². The maximum absolute atomic E-state index is 11.0. The van der Waals surface area contributed by atoms with Crippen LogP contribution in [0.4, 0.5) is 34.1 Å². The highest BCUT2D eigenvalue weighted by Crippen LogP contribution is 2.43. The summed E-state index contributed by atoms with van der Waals surface area (Å²) >= 11 is 0. The summed E-state index contributed by atoms with van der Waals surface area (Å²) in [6.07, 6.45) is 0. The van der Waals surface area contributed by atoms with Crippen molar-refractivity contribution in [2.75, 3.05) is 7.11 Å². The topological polar surface area (TPSA) is 144 Å². The summed E-state index contributed by atoms with van der Waals surface area (Å²) in [5, 5.41) is 57.6. The van der Waals surface area contributed by atoms with E-state index in [9.17, 15) is 15.3 Å². The summed E-state index contributed by atoms with van der Waals surface area (Å²) in [7, 11) is 1.48. The van der Waals surface area contributed by atoms with E-state index in [-0.39, 0.29) is 28.6 Å².